The van der Waals surface area contributed by atoms with Crippen molar-refractivity contribution in [1.29, 1.82) is 0 Å². The van der Waals surface area contributed by atoms with Crippen molar-refractivity contribution in [2.75, 3.05) is 0 Å². The zero-order valence-corrected chi connectivity index (χ0v) is 14.4. The van der Waals surface area contributed by atoms with Crippen molar-refractivity contribution in [3.63, 3.8) is 0 Å². The summed E-state index contributed by atoms with van der Waals surface area (Å²) in [6.07, 6.45) is 4.52. The highest BCUT2D eigenvalue weighted by atomic mass is 127. The molecule has 22 heavy (non-hydrogen) atoms. The molecule has 0 amide bonds. The highest BCUT2D eigenvalue weighted by Crippen LogP contribution is 2.27. The molecule has 1 heteroatoms. The van der Waals surface area contributed by atoms with Crippen LogP contribution in [0.1, 0.15) is 22.6 Å². The first-order chi connectivity index (χ1) is 10.8. The van der Waals surface area contributed by atoms with E-state index < -0.39 is 0 Å². The minimum atomic E-state index is 0.276. The molecule has 0 aliphatic rings. The summed E-state index contributed by atoms with van der Waals surface area (Å²) in [5.41, 5.74) is 3.90. The Morgan fingerprint density at radius 2 is 1.14 bits per heavy atom. The van der Waals surface area contributed by atoms with Crippen molar-refractivity contribution in [3.05, 3.63) is 111 Å². The first-order valence-electron chi connectivity index (χ1n) is 7.37. The molecule has 0 aromatic heterocycles. The third kappa shape index (κ3) is 3.66. The quantitative estimate of drug-likeness (QED) is 0.465. The minimum Gasteiger partial charge on any atom is -0.0720 e. The zero-order chi connectivity index (χ0) is 15.2. The molecule has 0 saturated heterocycles. The van der Waals surface area contributed by atoms with E-state index in [1.165, 1.54) is 20.3 Å². The van der Waals surface area contributed by atoms with E-state index in [0.717, 1.165) is 0 Å². The molecule has 0 N–H and O–H groups in total. The molecule has 0 atom stereocenters. The maximum absolute atomic E-state index is 2.39. The summed E-state index contributed by atoms with van der Waals surface area (Å²) in [5.74, 6) is 0.276. The molecule has 0 bridgehead atoms. The van der Waals surface area contributed by atoms with Gasteiger partial charge in [-0.15, -0.1) is 0 Å². The van der Waals surface area contributed by atoms with Crippen molar-refractivity contribution in [1.82, 2.24) is 0 Å². The average molecular weight is 396 g/mol. The van der Waals surface area contributed by atoms with E-state index in [4.69, 9.17) is 0 Å². The molecule has 0 aliphatic heterocycles. The summed E-state index contributed by atoms with van der Waals surface area (Å²) < 4.78 is 1.27. The van der Waals surface area contributed by atoms with E-state index in [-0.39, 0.29) is 5.92 Å². The Morgan fingerprint density at radius 3 is 1.68 bits per heavy atom. The maximum Gasteiger partial charge on any atom is 0.0272 e. The van der Waals surface area contributed by atoms with Crippen LogP contribution in [0, 0.1) is 3.57 Å². The van der Waals surface area contributed by atoms with E-state index >= 15 is 0 Å². The van der Waals surface area contributed by atoms with Crippen LogP contribution in [0.25, 0.3) is 6.08 Å². The molecule has 3 aromatic rings. The molecule has 0 heterocycles. The van der Waals surface area contributed by atoms with Crippen molar-refractivity contribution in [2.24, 2.45) is 0 Å². The van der Waals surface area contributed by atoms with Crippen LogP contribution in [0.3, 0.4) is 0 Å². The fraction of sp³-hybridized carbons (Fsp3) is 0.0476. The molecule has 0 saturated carbocycles. The fourth-order valence-corrected chi connectivity index (χ4v) is 3.11. The van der Waals surface area contributed by atoms with Crippen molar-refractivity contribution in [2.45, 2.75) is 5.92 Å². The molecule has 3 rings (SSSR count). The summed E-state index contributed by atoms with van der Waals surface area (Å²) in [6, 6.07) is 29.8. The first kappa shape index (κ1) is 15.0. The lowest BCUT2D eigenvalue weighted by Crippen LogP contribution is -1.97. The number of rotatable bonds is 4. The van der Waals surface area contributed by atoms with Gasteiger partial charge in [-0.05, 0) is 45.3 Å². The van der Waals surface area contributed by atoms with Gasteiger partial charge < -0.3 is 0 Å². The van der Waals surface area contributed by atoms with Gasteiger partial charge >= 0.3 is 0 Å². The van der Waals surface area contributed by atoms with E-state index in [0.29, 0.717) is 0 Å². The SMILES string of the molecule is Ic1ccccc1/C=C/C(c1ccccc1)c1ccccc1. The zero-order valence-electron chi connectivity index (χ0n) is 12.2. The molecule has 0 unspecified atom stereocenters. The van der Waals surface area contributed by atoms with E-state index in [2.05, 4.69) is 120 Å². The standard InChI is InChI=1S/C21H17I/c22-21-14-8-7-13-19(21)15-16-20(17-9-3-1-4-10-17)18-11-5-2-6-12-18/h1-16,20H/b16-15+. The molecule has 3 aromatic carbocycles. The Morgan fingerprint density at radius 1 is 0.636 bits per heavy atom. The van der Waals surface area contributed by atoms with Crippen LogP contribution in [0.15, 0.2) is 91.0 Å². The lowest BCUT2D eigenvalue weighted by atomic mass is 9.90. The molecule has 108 valence electrons. The van der Waals surface area contributed by atoms with Gasteiger partial charge in [0.25, 0.3) is 0 Å². The Bertz CT molecular complexity index is 706. The van der Waals surface area contributed by atoms with Crippen LogP contribution in [-0.2, 0) is 0 Å². The Kier molecular flexibility index (Phi) is 5.07. The monoisotopic (exact) mass is 396 g/mol. The van der Waals surface area contributed by atoms with E-state index in [9.17, 15) is 0 Å². The smallest absolute Gasteiger partial charge is 0.0272 e. The average Bonchev–Trinajstić information content (AvgIpc) is 2.59. The second-order valence-electron chi connectivity index (χ2n) is 5.18. The second kappa shape index (κ2) is 7.41. The summed E-state index contributed by atoms with van der Waals surface area (Å²) in [5, 5.41) is 0. The molecule has 0 aliphatic carbocycles. The van der Waals surface area contributed by atoms with Gasteiger partial charge in [0, 0.05) is 9.49 Å². The first-order valence-corrected chi connectivity index (χ1v) is 8.45. The highest BCUT2D eigenvalue weighted by molar-refractivity contribution is 14.1. The number of allylic oxidation sites excluding steroid dienone is 1. The normalized spacial score (nSPS) is 11.2. The third-order valence-electron chi connectivity index (χ3n) is 3.69. The van der Waals surface area contributed by atoms with Crippen LogP contribution < -0.4 is 0 Å². The van der Waals surface area contributed by atoms with Gasteiger partial charge in [-0.2, -0.15) is 0 Å². The lowest BCUT2D eigenvalue weighted by molar-refractivity contribution is 1.03. The lowest BCUT2D eigenvalue weighted by Gasteiger charge is -2.14. The van der Waals surface area contributed by atoms with E-state index in [1.807, 2.05) is 0 Å². The van der Waals surface area contributed by atoms with Crippen molar-refractivity contribution >= 4 is 28.7 Å². The van der Waals surface area contributed by atoms with Crippen LogP contribution in [-0.4, -0.2) is 0 Å². The van der Waals surface area contributed by atoms with Gasteiger partial charge in [0.15, 0.2) is 0 Å². The van der Waals surface area contributed by atoms with Crippen molar-refractivity contribution in [3.8, 4) is 0 Å². The summed E-state index contributed by atoms with van der Waals surface area (Å²) in [4.78, 5) is 0. The molecule has 0 spiro atoms. The Hall–Kier alpha value is -1.87. The van der Waals surface area contributed by atoms with Gasteiger partial charge in [0.2, 0.25) is 0 Å². The third-order valence-corrected chi connectivity index (χ3v) is 4.67. The number of hydrogen-bond acceptors (Lipinski definition) is 0. The summed E-state index contributed by atoms with van der Waals surface area (Å²) in [7, 11) is 0. The fourth-order valence-electron chi connectivity index (χ4n) is 2.55. The van der Waals surface area contributed by atoms with Crippen LogP contribution in [0.2, 0.25) is 0 Å². The highest BCUT2D eigenvalue weighted by Gasteiger charge is 2.10. The van der Waals surface area contributed by atoms with Crippen LogP contribution in [0.4, 0.5) is 0 Å². The number of hydrogen-bond donors (Lipinski definition) is 0. The van der Waals surface area contributed by atoms with Gasteiger partial charge in [0.05, 0.1) is 0 Å². The topological polar surface area (TPSA) is 0 Å². The van der Waals surface area contributed by atoms with E-state index in [1.54, 1.807) is 0 Å². The Balaban J connectivity index is 1.98. The van der Waals surface area contributed by atoms with Gasteiger partial charge in [-0.1, -0.05) is 91.0 Å². The summed E-state index contributed by atoms with van der Waals surface area (Å²) >= 11 is 2.39. The largest absolute Gasteiger partial charge is 0.0720 e. The Labute approximate surface area is 145 Å². The summed E-state index contributed by atoms with van der Waals surface area (Å²) in [6.45, 7) is 0. The molecule has 0 nitrogen and oxygen atoms in total. The maximum atomic E-state index is 2.39. The molecular formula is C21H17I. The van der Waals surface area contributed by atoms with Crippen molar-refractivity contribution < 1.29 is 0 Å². The second-order valence-corrected chi connectivity index (χ2v) is 6.34. The molecular weight excluding hydrogens is 379 g/mol. The van der Waals surface area contributed by atoms with Gasteiger partial charge in [0.1, 0.15) is 0 Å². The van der Waals surface area contributed by atoms with Crippen LogP contribution >= 0.6 is 22.6 Å². The minimum absolute atomic E-state index is 0.276. The van der Waals surface area contributed by atoms with Gasteiger partial charge in [-0.3, -0.25) is 0 Å². The van der Waals surface area contributed by atoms with Crippen LogP contribution in [0.5, 0.6) is 0 Å². The molecule has 0 radical (unpaired) electrons. The predicted octanol–water partition coefficient (Wildman–Crippen LogP) is 6.14. The van der Waals surface area contributed by atoms with Gasteiger partial charge in [-0.25, -0.2) is 0 Å². The molecule has 0 fully saturated rings. The number of benzene rings is 3. The predicted molar refractivity (Wildman–Crippen MR) is 103 cm³/mol. The number of halogens is 1.